The van der Waals surface area contributed by atoms with Gasteiger partial charge in [0.25, 0.3) is 0 Å². The van der Waals surface area contributed by atoms with Gasteiger partial charge in [-0.15, -0.1) is 0 Å². The van der Waals surface area contributed by atoms with Gasteiger partial charge < -0.3 is 5.11 Å². The van der Waals surface area contributed by atoms with Gasteiger partial charge in [0.05, 0.1) is 6.10 Å². The average molecular weight is 371 g/mol. The van der Waals surface area contributed by atoms with E-state index in [9.17, 15) is 5.11 Å². The molecule has 0 radical (unpaired) electrons. The van der Waals surface area contributed by atoms with Crippen molar-refractivity contribution < 1.29 is 5.11 Å². The summed E-state index contributed by atoms with van der Waals surface area (Å²) in [4.78, 5) is 0. The molecule has 2 fully saturated rings. The van der Waals surface area contributed by atoms with Crippen LogP contribution in [-0.4, -0.2) is 11.2 Å². The molecule has 0 aromatic heterocycles. The zero-order valence-corrected chi connectivity index (χ0v) is 18.2. The standard InChI is InChI=1S/C26H42O/c1-19(2)20(3)8-5-11-23-15-16-25-22(10-7-17-26(23,25)4)14-13-21-9-6-12-24(27)18-21/h5,8-9,14,19-20,23-25,27H,6-7,10-13,15-18H2,1-4H3/b8-5+,22-14+/t20-,23-,24-,25-,26+/m0/s1. The molecule has 2 saturated carbocycles. The first-order chi connectivity index (χ1) is 12.9. The maximum atomic E-state index is 9.93. The van der Waals surface area contributed by atoms with Crippen LogP contribution in [0.3, 0.4) is 0 Å². The zero-order chi connectivity index (χ0) is 19.4. The Kier molecular flexibility index (Phi) is 7.06. The molecular formula is C26H42O. The molecule has 0 amide bonds. The molecule has 3 rings (SSSR count). The van der Waals surface area contributed by atoms with Gasteiger partial charge in [0.2, 0.25) is 0 Å². The SMILES string of the molecule is CC(C)[C@@H](C)/C=C/C[C@H]1CC[C@H]2/C(=C/CC3=CCC[C@H](O)C3)CCC[C@]12C. The Labute approximate surface area is 168 Å². The number of rotatable bonds is 6. The Morgan fingerprint density at radius 2 is 2.04 bits per heavy atom. The van der Waals surface area contributed by atoms with Gasteiger partial charge in [-0.3, -0.25) is 0 Å². The fourth-order valence-corrected chi connectivity index (χ4v) is 5.85. The first kappa shape index (κ1) is 20.9. The molecule has 0 spiro atoms. The van der Waals surface area contributed by atoms with Crippen molar-refractivity contribution in [3.05, 3.63) is 35.5 Å². The van der Waals surface area contributed by atoms with Gasteiger partial charge in [-0.05, 0) is 93.3 Å². The van der Waals surface area contributed by atoms with Gasteiger partial charge in [-0.2, -0.15) is 0 Å². The molecule has 5 atom stereocenters. The average Bonchev–Trinajstić information content (AvgIpc) is 2.97. The number of fused-ring (bicyclic) bond motifs is 1. The third-order valence-corrected chi connectivity index (χ3v) is 8.13. The van der Waals surface area contributed by atoms with Crippen LogP contribution >= 0.6 is 0 Å². The third kappa shape index (κ3) is 4.97. The van der Waals surface area contributed by atoms with Crippen molar-refractivity contribution in [2.24, 2.45) is 29.1 Å². The van der Waals surface area contributed by atoms with Gasteiger partial charge in [0, 0.05) is 0 Å². The van der Waals surface area contributed by atoms with Gasteiger partial charge in [0.15, 0.2) is 0 Å². The van der Waals surface area contributed by atoms with E-state index in [-0.39, 0.29) is 6.10 Å². The predicted octanol–water partition coefficient (Wildman–Crippen LogP) is 7.23. The minimum Gasteiger partial charge on any atom is -0.393 e. The van der Waals surface area contributed by atoms with E-state index in [4.69, 9.17) is 0 Å². The van der Waals surface area contributed by atoms with Crippen molar-refractivity contribution >= 4 is 0 Å². The third-order valence-electron chi connectivity index (χ3n) is 8.13. The summed E-state index contributed by atoms with van der Waals surface area (Å²) in [6, 6.07) is 0. The van der Waals surface area contributed by atoms with E-state index in [1.165, 1.54) is 44.1 Å². The van der Waals surface area contributed by atoms with Crippen molar-refractivity contribution in [2.45, 2.75) is 98.0 Å². The van der Waals surface area contributed by atoms with Gasteiger partial charge >= 0.3 is 0 Å². The fourth-order valence-electron chi connectivity index (χ4n) is 5.85. The summed E-state index contributed by atoms with van der Waals surface area (Å²) in [7, 11) is 0. The van der Waals surface area contributed by atoms with Crippen LogP contribution in [0.4, 0.5) is 0 Å². The van der Waals surface area contributed by atoms with Crippen LogP contribution in [0.5, 0.6) is 0 Å². The molecular weight excluding hydrogens is 328 g/mol. The van der Waals surface area contributed by atoms with Gasteiger partial charge in [-0.1, -0.05) is 63.1 Å². The van der Waals surface area contributed by atoms with Crippen molar-refractivity contribution in [2.75, 3.05) is 0 Å². The van der Waals surface area contributed by atoms with Crippen LogP contribution in [0.2, 0.25) is 0 Å². The van der Waals surface area contributed by atoms with E-state index in [1.54, 1.807) is 5.57 Å². The van der Waals surface area contributed by atoms with Crippen molar-refractivity contribution in [3.8, 4) is 0 Å². The van der Waals surface area contributed by atoms with E-state index in [2.05, 4.69) is 52.0 Å². The quantitative estimate of drug-likeness (QED) is 0.489. The van der Waals surface area contributed by atoms with Gasteiger partial charge in [-0.25, -0.2) is 0 Å². The normalized spacial score (nSPS) is 37.0. The second-order valence-electron chi connectivity index (χ2n) is 10.2. The number of hydrogen-bond acceptors (Lipinski definition) is 1. The molecule has 0 heterocycles. The topological polar surface area (TPSA) is 20.2 Å². The van der Waals surface area contributed by atoms with Crippen LogP contribution in [0.25, 0.3) is 0 Å². The maximum Gasteiger partial charge on any atom is 0.0580 e. The second-order valence-corrected chi connectivity index (χ2v) is 10.2. The molecule has 3 aliphatic rings. The summed E-state index contributed by atoms with van der Waals surface area (Å²) < 4.78 is 0. The molecule has 27 heavy (non-hydrogen) atoms. The summed E-state index contributed by atoms with van der Waals surface area (Å²) in [5, 5.41) is 9.93. The van der Waals surface area contributed by atoms with Crippen LogP contribution in [0, 0.1) is 29.1 Å². The van der Waals surface area contributed by atoms with Crippen molar-refractivity contribution in [1.29, 1.82) is 0 Å². The molecule has 0 saturated heterocycles. The van der Waals surface area contributed by atoms with Gasteiger partial charge in [0.1, 0.15) is 0 Å². The lowest BCUT2D eigenvalue weighted by molar-refractivity contribution is 0.136. The summed E-state index contributed by atoms with van der Waals surface area (Å²) in [5.74, 6) is 3.10. The number of aliphatic hydroxyl groups is 1. The van der Waals surface area contributed by atoms with Crippen LogP contribution < -0.4 is 0 Å². The van der Waals surface area contributed by atoms with Crippen LogP contribution in [-0.2, 0) is 0 Å². The Morgan fingerprint density at radius 1 is 1.22 bits per heavy atom. The van der Waals surface area contributed by atoms with Crippen LogP contribution in [0.15, 0.2) is 35.5 Å². The van der Waals surface area contributed by atoms with Crippen LogP contribution in [0.1, 0.15) is 91.9 Å². The Morgan fingerprint density at radius 3 is 2.78 bits per heavy atom. The molecule has 1 N–H and O–H groups in total. The molecule has 1 nitrogen and oxygen atoms in total. The lowest BCUT2D eigenvalue weighted by atomic mass is 9.63. The minimum atomic E-state index is -0.101. The Hall–Kier alpha value is -0.820. The second kappa shape index (κ2) is 9.12. The molecule has 0 aliphatic heterocycles. The molecule has 0 unspecified atom stereocenters. The Bertz CT molecular complexity index is 581. The summed E-state index contributed by atoms with van der Waals surface area (Å²) in [6.45, 7) is 9.58. The first-order valence-electron chi connectivity index (χ1n) is 11.6. The molecule has 152 valence electrons. The highest BCUT2D eigenvalue weighted by molar-refractivity contribution is 5.22. The smallest absolute Gasteiger partial charge is 0.0580 e. The molecule has 1 heteroatoms. The highest BCUT2D eigenvalue weighted by atomic mass is 16.3. The Balaban J connectivity index is 1.63. The van der Waals surface area contributed by atoms with E-state index >= 15 is 0 Å². The maximum absolute atomic E-state index is 9.93. The number of aliphatic hydroxyl groups excluding tert-OH is 1. The summed E-state index contributed by atoms with van der Waals surface area (Å²) in [5.41, 5.74) is 3.72. The number of allylic oxidation sites excluding steroid dienone is 5. The molecule has 0 bridgehead atoms. The minimum absolute atomic E-state index is 0.101. The largest absolute Gasteiger partial charge is 0.393 e. The van der Waals surface area contributed by atoms with E-state index in [1.807, 2.05) is 0 Å². The molecule has 3 aliphatic carbocycles. The monoisotopic (exact) mass is 370 g/mol. The van der Waals surface area contributed by atoms with E-state index in [0.717, 1.165) is 43.4 Å². The predicted molar refractivity (Wildman–Crippen MR) is 117 cm³/mol. The lowest BCUT2D eigenvalue weighted by Crippen LogP contribution is -2.33. The van der Waals surface area contributed by atoms with Crippen molar-refractivity contribution in [1.82, 2.24) is 0 Å². The van der Waals surface area contributed by atoms with E-state index in [0.29, 0.717) is 11.3 Å². The first-order valence-corrected chi connectivity index (χ1v) is 11.6. The van der Waals surface area contributed by atoms with Crippen molar-refractivity contribution in [3.63, 3.8) is 0 Å². The highest BCUT2D eigenvalue weighted by Gasteiger charge is 2.48. The summed E-state index contributed by atoms with van der Waals surface area (Å²) in [6.07, 6.45) is 21.9. The number of hydrogen-bond donors (Lipinski definition) is 1. The summed E-state index contributed by atoms with van der Waals surface area (Å²) >= 11 is 0. The zero-order valence-electron chi connectivity index (χ0n) is 18.2. The van der Waals surface area contributed by atoms with E-state index < -0.39 is 0 Å². The fraction of sp³-hybridized carbons (Fsp3) is 0.769. The molecule has 0 aromatic rings. The highest BCUT2D eigenvalue weighted by Crippen LogP contribution is 2.58. The lowest BCUT2D eigenvalue weighted by Gasteiger charge is -2.42. The molecule has 0 aromatic carbocycles.